The maximum absolute atomic E-state index is 12.8. The molecule has 0 aliphatic carbocycles. The van der Waals surface area contributed by atoms with Crippen LogP contribution in [0.15, 0.2) is 18.2 Å². The van der Waals surface area contributed by atoms with Gasteiger partial charge in [0.05, 0.1) is 5.56 Å². The van der Waals surface area contributed by atoms with Crippen LogP contribution in [0.2, 0.25) is 0 Å². The Morgan fingerprint density at radius 1 is 1.33 bits per heavy atom. The summed E-state index contributed by atoms with van der Waals surface area (Å²) in [5.41, 5.74) is -0.472. The number of aliphatic hydroxyl groups is 1. The van der Waals surface area contributed by atoms with Gasteiger partial charge in [0.15, 0.2) is 0 Å². The molecule has 1 aromatic carbocycles. The molecule has 0 bridgehead atoms. The number of rotatable bonds is 1. The Balaban J connectivity index is 3.23. The van der Waals surface area contributed by atoms with Gasteiger partial charge in [-0.05, 0) is 12.1 Å². The van der Waals surface area contributed by atoms with Crippen LogP contribution >= 0.6 is 0 Å². The van der Waals surface area contributed by atoms with Gasteiger partial charge in [-0.15, -0.1) is 6.42 Å². The van der Waals surface area contributed by atoms with Gasteiger partial charge in [-0.25, -0.2) is 8.78 Å². The van der Waals surface area contributed by atoms with Crippen LogP contribution in [-0.2, 0) is 0 Å². The lowest BCUT2D eigenvalue weighted by atomic mass is 10.1. The number of hydrogen-bond donors (Lipinski definition) is 1. The van der Waals surface area contributed by atoms with Crippen molar-refractivity contribution in [2.45, 2.75) is 6.10 Å². The van der Waals surface area contributed by atoms with Gasteiger partial charge in [-0.3, -0.25) is 0 Å². The summed E-state index contributed by atoms with van der Waals surface area (Å²) >= 11 is 0. The summed E-state index contributed by atoms with van der Waals surface area (Å²) in [4.78, 5) is 0. The van der Waals surface area contributed by atoms with Crippen LogP contribution in [0.3, 0.4) is 0 Å². The first-order chi connectivity index (χ1) is 5.66. The largest absolute Gasteiger partial charge is 0.376 e. The van der Waals surface area contributed by atoms with Crippen LogP contribution in [0.25, 0.3) is 0 Å². The van der Waals surface area contributed by atoms with Crippen molar-refractivity contribution in [2.24, 2.45) is 0 Å². The Bertz CT molecular complexity index is 308. The highest BCUT2D eigenvalue weighted by Gasteiger charge is 2.14. The molecule has 0 amide bonds. The number of hydrogen-bond acceptors (Lipinski definition) is 1. The molecule has 1 N–H and O–H groups in total. The lowest BCUT2D eigenvalue weighted by molar-refractivity contribution is 0.227. The summed E-state index contributed by atoms with van der Waals surface area (Å²) in [6.07, 6.45) is 3.29. The van der Waals surface area contributed by atoms with E-state index in [0.29, 0.717) is 0 Å². The molecule has 1 unspecified atom stereocenters. The van der Waals surface area contributed by atoms with Crippen LogP contribution in [0.5, 0.6) is 0 Å². The lowest BCUT2D eigenvalue weighted by Gasteiger charge is -2.05. The standard InChI is InChI=1S/C9H6F2O/c1-2-8(12)9-6(10)4-3-5-7(9)11/h1,3-5,8,12H. The fraction of sp³-hybridized carbons (Fsp3) is 0.111. The number of aliphatic hydroxyl groups excluding tert-OH is 1. The van der Waals surface area contributed by atoms with E-state index >= 15 is 0 Å². The molecule has 0 saturated carbocycles. The molecule has 62 valence electrons. The molecule has 0 heterocycles. The molecule has 0 saturated heterocycles. The van der Waals surface area contributed by atoms with Crippen molar-refractivity contribution in [1.82, 2.24) is 0 Å². The zero-order valence-electron chi connectivity index (χ0n) is 6.09. The first-order valence-electron chi connectivity index (χ1n) is 3.25. The summed E-state index contributed by atoms with van der Waals surface area (Å²) in [6, 6.07) is 3.29. The Labute approximate surface area is 68.7 Å². The molecule has 1 rings (SSSR count). The zero-order valence-corrected chi connectivity index (χ0v) is 6.09. The Morgan fingerprint density at radius 2 is 1.83 bits per heavy atom. The first kappa shape index (κ1) is 8.69. The van der Waals surface area contributed by atoms with Crippen molar-refractivity contribution in [3.63, 3.8) is 0 Å². The molecular weight excluding hydrogens is 162 g/mol. The third-order valence-corrected chi connectivity index (χ3v) is 1.43. The number of halogens is 2. The third-order valence-electron chi connectivity index (χ3n) is 1.43. The monoisotopic (exact) mass is 168 g/mol. The topological polar surface area (TPSA) is 20.2 Å². The molecule has 0 spiro atoms. The molecule has 0 aromatic heterocycles. The maximum atomic E-state index is 12.8. The molecule has 1 atom stereocenters. The van der Waals surface area contributed by atoms with E-state index in [2.05, 4.69) is 0 Å². The highest BCUT2D eigenvalue weighted by molar-refractivity contribution is 5.26. The lowest BCUT2D eigenvalue weighted by Crippen LogP contribution is -2.01. The molecule has 3 heteroatoms. The number of benzene rings is 1. The fourth-order valence-electron chi connectivity index (χ4n) is 0.855. The van der Waals surface area contributed by atoms with E-state index in [1.165, 1.54) is 6.07 Å². The predicted octanol–water partition coefficient (Wildman–Crippen LogP) is 1.63. The SMILES string of the molecule is C#CC(O)c1c(F)cccc1F. The van der Waals surface area contributed by atoms with Crippen LogP contribution in [-0.4, -0.2) is 5.11 Å². The second-order valence-corrected chi connectivity index (χ2v) is 2.20. The van der Waals surface area contributed by atoms with Crippen molar-refractivity contribution in [2.75, 3.05) is 0 Å². The Morgan fingerprint density at radius 3 is 2.25 bits per heavy atom. The van der Waals surface area contributed by atoms with Gasteiger partial charge in [0.2, 0.25) is 0 Å². The van der Waals surface area contributed by atoms with Gasteiger partial charge in [0, 0.05) is 0 Å². The smallest absolute Gasteiger partial charge is 0.145 e. The van der Waals surface area contributed by atoms with E-state index in [0.717, 1.165) is 12.1 Å². The zero-order chi connectivity index (χ0) is 9.14. The van der Waals surface area contributed by atoms with Gasteiger partial charge in [0.25, 0.3) is 0 Å². The highest BCUT2D eigenvalue weighted by Crippen LogP contribution is 2.19. The van der Waals surface area contributed by atoms with Gasteiger partial charge in [0.1, 0.15) is 17.7 Å². The fourth-order valence-corrected chi connectivity index (χ4v) is 0.855. The van der Waals surface area contributed by atoms with Gasteiger partial charge in [-0.2, -0.15) is 0 Å². The molecule has 1 aromatic rings. The Kier molecular flexibility index (Phi) is 2.41. The molecule has 0 aliphatic heterocycles. The second kappa shape index (κ2) is 3.33. The first-order valence-corrected chi connectivity index (χ1v) is 3.25. The van der Waals surface area contributed by atoms with Crippen molar-refractivity contribution in [1.29, 1.82) is 0 Å². The minimum atomic E-state index is -1.52. The molecule has 0 fully saturated rings. The number of terminal acetylenes is 1. The molecular formula is C9H6F2O. The van der Waals surface area contributed by atoms with Gasteiger partial charge in [-0.1, -0.05) is 12.0 Å². The minimum absolute atomic E-state index is 0.472. The predicted molar refractivity (Wildman–Crippen MR) is 40.2 cm³/mol. The van der Waals surface area contributed by atoms with E-state index < -0.39 is 23.3 Å². The molecule has 0 radical (unpaired) electrons. The van der Waals surface area contributed by atoms with Crippen LogP contribution in [0.1, 0.15) is 11.7 Å². The van der Waals surface area contributed by atoms with Crippen molar-refractivity contribution < 1.29 is 13.9 Å². The van der Waals surface area contributed by atoms with Crippen LogP contribution in [0, 0.1) is 24.0 Å². The van der Waals surface area contributed by atoms with E-state index in [9.17, 15) is 8.78 Å². The molecule has 0 aliphatic rings. The van der Waals surface area contributed by atoms with Gasteiger partial charge >= 0.3 is 0 Å². The van der Waals surface area contributed by atoms with E-state index in [1.807, 2.05) is 5.92 Å². The quantitative estimate of drug-likeness (QED) is 0.632. The maximum Gasteiger partial charge on any atom is 0.145 e. The van der Waals surface area contributed by atoms with E-state index in [1.54, 1.807) is 0 Å². The highest BCUT2D eigenvalue weighted by atomic mass is 19.1. The van der Waals surface area contributed by atoms with E-state index in [-0.39, 0.29) is 0 Å². The summed E-state index contributed by atoms with van der Waals surface area (Å²) in [7, 11) is 0. The van der Waals surface area contributed by atoms with Gasteiger partial charge < -0.3 is 5.11 Å². The second-order valence-electron chi connectivity index (χ2n) is 2.20. The average molecular weight is 168 g/mol. The Hall–Kier alpha value is -1.40. The molecule has 12 heavy (non-hydrogen) atoms. The van der Waals surface area contributed by atoms with Crippen molar-refractivity contribution in [3.05, 3.63) is 35.4 Å². The van der Waals surface area contributed by atoms with Crippen LogP contribution in [0.4, 0.5) is 8.78 Å². The van der Waals surface area contributed by atoms with Crippen molar-refractivity contribution >= 4 is 0 Å². The normalized spacial score (nSPS) is 12.2. The summed E-state index contributed by atoms with van der Waals surface area (Å²) < 4.78 is 25.6. The third kappa shape index (κ3) is 1.44. The average Bonchev–Trinajstić information content (AvgIpc) is 2.03. The van der Waals surface area contributed by atoms with E-state index in [4.69, 9.17) is 11.5 Å². The summed E-state index contributed by atoms with van der Waals surface area (Å²) in [6.45, 7) is 0. The van der Waals surface area contributed by atoms with Crippen molar-refractivity contribution in [3.8, 4) is 12.3 Å². The minimum Gasteiger partial charge on any atom is -0.376 e. The molecule has 1 nitrogen and oxygen atoms in total. The van der Waals surface area contributed by atoms with Crippen LogP contribution < -0.4 is 0 Å². The summed E-state index contributed by atoms with van der Waals surface area (Å²) in [5.74, 6) is 0.173. The summed E-state index contributed by atoms with van der Waals surface area (Å²) in [5, 5.41) is 8.97.